The van der Waals surface area contributed by atoms with Gasteiger partial charge >= 0.3 is 0 Å². The highest BCUT2D eigenvalue weighted by atomic mass is 19.1. The molecule has 4 aromatic rings. The quantitative estimate of drug-likeness (QED) is 0.235. The Labute approximate surface area is 220 Å². The minimum absolute atomic E-state index is 0.224. The van der Waals surface area contributed by atoms with Gasteiger partial charge in [0.05, 0.1) is 0 Å². The van der Waals surface area contributed by atoms with Crippen LogP contribution in [0.15, 0.2) is 121 Å². The summed E-state index contributed by atoms with van der Waals surface area (Å²) in [5.41, 5.74) is 2.76. The number of halogens is 2. The summed E-state index contributed by atoms with van der Waals surface area (Å²) >= 11 is 0. The average Bonchev–Trinajstić information content (AvgIpc) is 2.95. The van der Waals surface area contributed by atoms with Crippen molar-refractivity contribution in [3.05, 3.63) is 144 Å². The van der Waals surface area contributed by atoms with E-state index in [4.69, 9.17) is 0 Å². The predicted octanol–water partition coefficient (Wildman–Crippen LogP) is 6.76. The molecule has 0 saturated heterocycles. The molecule has 4 rings (SSSR count). The van der Waals surface area contributed by atoms with Crippen LogP contribution in [0.4, 0.5) is 20.2 Å². The molecule has 190 valence electrons. The highest BCUT2D eigenvalue weighted by molar-refractivity contribution is 6.05. The maximum atomic E-state index is 13.3. The smallest absolute Gasteiger partial charge is 0.251 e. The zero-order chi connectivity index (χ0) is 26.7. The molecule has 0 aromatic heterocycles. The van der Waals surface area contributed by atoms with E-state index in [0.717, 1.165) is 0 Å². The molecule has 0 bridgehead atoms. The maximum Gasteiger partial charge on any atom is 0.251 e. The van der Waals surface area contributed by atoms with Crippen molar-refractivity contribution in [2.45, 2.75) is 0 Å². The van der Waals surface area contributed by atoms with E-state index < -0.39 is 0 Å². The third-order valence-corrected chi connectivity index (χ3v) is 5.79. The molecule has 0 unspecified atom stereocenters. The van der Waals surface area contributed by atoms with Crippen LogP contribution in [0.3, 0.4) is 0 Å². The van der Waals surface area contributed by atoms with Crippen molar-refractivity contribution in [2.75, 3.05) is 22.9 Å². The molecule has 0 spiro atoms. The lowest BCUT2D eigenvalue weighted by atomic mass is 10.2. The zero-order valence-corrected chi connectivity index (χ0v) is 20.6. The summed E-state index contributed by atoms with van der Waals surface area (Å²) in [7, 11) is 0. The first-order chi connectivity index (χ1) is 18.5. The SMILES string of the molecule is O=C(/C=C/c1ccc(F)cc1)N(CCN(C(=O)/C=C/c1ccc(F)cc1)c1ccccc1)c1ccccc1. The number of carbonyl (C=O) groups excluding carboxylic acids is 2. The summed E-state index contributed by atoms with van der Waals surface area (Å²) in [6, 6.07) is 30.1. The Morgan fingerprint density at radius 3 is 1.21 bits per heavy atom. The van der Waals surface area contributed by atoms with Crippen LogP contribution in [0.25, 0.3) is 12.2 Å². The fraction of sp³-hybridized carbons (Fsp3) is 0.0625. The molecule has 38 heavy (non-hydrogen) atoms. The Kier molecular flexibility index (Phi) is 8.92. The number of para-hydroxylation sites is 2. The van der Waals surface area contributed by atoms with Crippen molar-refractivity contribution >= 4 is 35.3 Å². The van der Waals surface area contributed by atoms with Gasteiger partial charge in [-0.25, -0.2) is 8.78 Å². The number of hydrogen-bond donors (Lipinski definition) is 0. The topological polar surface area (TPSA) is 40.6 Å². The summed E-state index contributed by atoms with van der Waals surface area (Å²) in [6.07, 6.45) is 6.12. The second-order valence-electron chi connectivity index (χ2n) is 8.42. The van der Waals surface area contributed by atoms with Crippen molar-refractivity contribution < 1.29 is 18.4 Å². The summed E-state index contributed by atoms with van der Waals surface area (Å²) in [4.78, 5) is 29.7. The molecule has 0 aliphatic carbocycles. The molecule has 0 saturated carbocycles. The number of carbonyl (C=O) groups is 2. The number of hydrogen-bond acceptors (Lipinski definition) is 2. The summed E-state index contributed by atoms with van der Waals surface area (Å²) in [6.45, 7) is 0.448. The molecule has 0 heterocycles. The van der Waals surface area contributed by atoms with E-state index in [-0.39, 0.29) is 36.5 Å². The Morgan fingerprint density at radius 1 is 0.526 bits per heavy atom. The van der Waals surface area contributed by atoms with Crippen LogP contribution in [-0.4, -0.2) is 24.9 Å². The molecule has 0 fully saturated rings. The molecule has 0 N–H and O–H groups in total. The van der Waals surface area contributed by atoms with Crippen LogP contribution in [0, 0.1) is 11.6 Å². The first kappa shape index (κ1) is 26.2. The van der Waals surface area contributed by atoms with Gasteiger partial charge in [0.1, 0.15) is 11.6 Å². The van der Waals surface area contributed by atoms with Gasteiger partial charge in [-0.1, -0.05) is 60.7 Å². The summed E-state index contributed by atoms with van der Waals surface area (Å²) in [5, 5.41) is 0. The lowest BCUT2D eigenvalue weighted by molar-refractivity contribution is -0.115. The normalized spacial score (nSPS) is 11.1. The molecule has 2 amide bonds. The van der Waals surface area contributed by atoms with Gasteiger partial charge < -0.3 is 9.80 Å². The third-order valence-electron chi connectivity index (χ3n) is 5.79. The molecule has 0 aliphatic rings. The molecule has 6 heteroatoms. The van der Waals surface area contributed by atoms with Crippen LogP contribution < -0.4 is 9.80 Å². The van der Waals surface area contributed by atoms with E-state index in [0.29, 0.717) is 22.5 Å². The van der Waals surface area contributed by atoms with E-state index in [2.05, 4.69) is 0 Å². The molecule has 0 atom stereocenters. The standard InChI is InChI=1S/C32H26F2N2O2/c33-27-17-11-25(12-18-27)15-21-31(37)35(29-7-3-1-4-8-29)23-24-36(30-9-5-2-6-10-30)32(38)22-16-26-13-19-28(34)20-14-26/h1-22H,23-24H2/b21-15+,22-16+. The van der Waals surface area contributed by atoms with Crippen LogP contribution in [-0.2, 0) is 9.59 Å². The number of benzene rings is 4. The minimum Gasteiger partial charge on any atom is -0.307 e. The largest absolute Gasteiger partial charge is 0.307 e. The number of anilines is 2. The van der Waals surface area contributed by atoms with Gasteiger partial charge in [-0.15, -0.1) is 0 Å². The van der Waals surface area contributed by atoms with Crippen molar-refractivity contribution in [1.29, 1.82) is 0 Å². The van der Waals surface area contributed by atoms with E-state index >= 15 is 0 Å². The molecule has 0 radical (unpaired) electrons. The van der Waals surface area contributed by atoms with E-state index in [1.165, 1.54) is 36.4 Å². The van der Waals surface area contributed by atoms with Gasteiger partial charge in [-0.3, -0.25) is 9.59 Å². The van der Waals surface area contributed by atoms with Crippen molar-refractivity contribution in [3.63, 3.8) is 0 Å². The van der Waals surface area contributed by atoms with Gasteiger partial charge in [-0.05, 0) is 71.8 Å². The second-order valence-corrected chi connectivity index (χ2v) is 8.42. The first-order valence-corrected chi connectivity index (χ1v) is 12.1. The summed E-state index contributed by atoms with van der Waals surface area (Å²) < 4.78 is 26.5. The molecule has 0 aliphatic heterocycles. The van der Waals surface area contributed by atoms with Gasteiger partial charge in [-0.2, -0.15) is 0 Å². The highest BCUT2D eigenvalue weighted by Crippen LogP contribution is 2.18. The third kappa shape index (κ3) is 7.34. The van der Waals surface area contributed by atoms with Crippen LogP contribution >= 0.6 is 0 Å². The first-order valence-electron chi connectivity index (χ1n) is 12.1. The fourth-order valence-electron chi connectivity index (χ4n) is 3.81. The van der Waals surface area contributed by atoms with Gasteiger partial charge in [0.2, 0.25) is 0 Å². The lowest BCUT2D eigenvalue weighted by Crippen LogP contribution is -2.40. The molecular weight excluding hydrogens is 482 g/mol. The van der Waals surface area contributed by atoms with Crippen LogP contribution in [0.1, 0.15) is 11.1 Å². The van der Waals surface area contributed by atoms with Crippen molar-refractivity contribution in [3.8, 4) is 0 Å². The van der Waals surface area contributed by atoms with Crippen LogP contribution in [0.2, 0.25) is 0 Å². The second kappa shape index (κ2) is 12.9. The fourth-order valence-corrected chi connectivity index (χ4v) is 3.81. The van der Waals surface area contributed by atoms with Gasteiger partial charge in [0.25, 0.3) is 11.8 Å². The molecular formula is C32H26F2N2O2. The van der Waals surface area contributed by atoms with Crippen molar-refractivity contribution in [2.24, 2.45) is 0 Å². The van der Waals surface area contributed by atoms with E-state index in [9.17, 15) is 18.4 Å². The average molecular weight is 509 g/mol. The summed E-state index contributed by atoms with van der Waals surface area (Å²) in [5.74, 6) is -1.25. The van der Waals surface area contributed by atoms with Crippen molar-refractivity contribution in [1.82, 2.24) is 0 Å². The Morgan fingerprint density at radius 2 is 0.868 bits per heavy atom. The Hall–Kier alpha value is -4.84. The number of amides is 2. The number of nitrogens with zero attached hydrogens (tertiary/aromatic N) is 2. The zero-order valence-electron chi connectivity index (χ0n) is 20.6. The van der Waals surface area contributed by atoms with Gasteiger partial charge in [0, 0.05) is 36.6 Å². The van der Waals surface area contributed by atoms with Gasteiger partial charge in [0.15, 0.2) is 0 Å². The lowest BCUT2D eigenvalue weighted by Gasteiger charge is -2.27. The molecule has 4 aromatic carbocycles. The maximum absolute atomic E-state index is 13.3. The monoisotopic (exact) mass is 508 g/mol. The Bertz CT molecular complexity index is 1290. The molecule has 4 nitrogen and oxygen atoms in total. The minimum atomic E-state index is -0.349. The van der Waals surface area contributed by atoms with E-state index in [1.54, 1.807) is 46.2 Å². The van der Waals surface area contributed by atoms with Crippen LogP contribution in [0.5, 0.6) is 0 Å². The highest BCUT2D eigenvalue weighted by Gasteiger charge is 2.18. The van der Waals surface area contributed by atoms with E-state index in [1.807, 2.05) is 60.7 Å². The predicted molar refractivity (Wildman–Crippen MR) is 148 cm³/mol. The number of rotatable bonds is 9. The Balaban J connectivity index is 1.55.